The van der Waals surface area contributed by atoms with Gasteiger partial charge in [0.25, 0.3) is 5.56 Å². The molecule has 26 heavy (non-hydrogen) atoms. The Morgan fingerprint density at radius 1 is 1.31 bits per heavy atom. The minimum atomic E-state index is -0.0284. The molecular weight excluding hydrogens is 388 g/mol. The van der Waals surface area contributed by atoms with E-state index in [0.29, 0.717) is 22.2 Å². The Morgan fingerprint density at radius 3 is 2.96 bits per heavy atom. The molecule has 4 rings (SSSR count). The molecule has 0 aliphatic carbocycles. The van der Waals surface area contributed by atoms with E-state index in [1.807, 2.05) is 22.9 Å². The molecule has 0 aliphatic rings. The lowest BCUT2D eigenvalue weighted by molar-refractivity contribution is 0.384. The Hall–Kier alpha value is -1.97. The van der Waals surface area contributed by atoms with E-state index in [9.17, 15) is 4.79 Å². The molecule has 4 heterocycles. The predicted molar refractivity (Wildman–Crippen MR) is 106 cm³/mol. The molecule has 0 radical (unpaired) electrons. The van der Waals surface area contributed by atoms with Crippen LogP contribution in [0.1, 0.15) is 25.1 Å². The van der Waals surface area contributed by atoms with Gasteiger partial charge >= 0.3 is 0 Å². The Morgan fingerprint density at radius 2 is 2.19 bits per heavy atom. The summed E-state index contributed by atoms with van der Waals surface area (Å²) < 4.78 is 6.85. The number of hydrogen-bond acceptors (Lipinski definition) is 8. The lowest BCUT2D eigenvalue weighted by Gasteiger charge is -2.06. The average molecular weight is 405 g/mol. The number of thiophene rings is 2. The maximum Gasteiger partial charge on any atom is 0.263 e. The van der Waals surface area contributed by atoms with Gasteiger partial charge in [0, 0.05) is 29.3 Å². The number of fused-ring (bicyclic) bond motifs is 1. The zero-order chi connectivity index (χ0) is 18.1. The van der Waals surface area contributed by atoms with Crippen LogP contribution in [0.25, 0.3) is 20.7 Å². The minimum Gasteiger partial charge on any atom is -0.338 e. The molecule has 4 aromatic rings. The van der Waals surface area contributed by atoms with Crippen molar-refractivity contribution in [3.63, 3.8) is 0 Å². The first kappa shape index (κ1) is 17.4. The van der Waals surface area contributed by atoms with E-state index < -0.39 is 0 Å². The first-order valence-corrected chi connectivity index (χ1v) is 10.9. The van der Waals surface area contributed by atoms with Crippen molar-refractivity contribution in [2.24, 2.45) is 7.05 Å². The van der Waals surface area contributed by atoms with Crippen LogP contribution >= 0.6 is 34.4 Å². The monoisotopic (exact) mass is 404 g/mol. The van der Waals surface area contributed by atoms with Crippen LogP contribution in [-0.2, 0) is 19.2 Å². The highest BCUT2D eigenvalue weighted by atomic mass is 32.2. The highest BCUT2D eigenvalue weighted by molar-refractivity contribution is 7.98. The summed E-state index contributed by atoms with van der Waals surface area (Å²) >= 11 is 4.56. The Labute approximate surface area is 161 Å². The van der Waals surface area contributed by atoms with E-state index in [1.54, 1.807) is 23.0 Å². The van der Waals surface area contributed by atoms with Crippen molar-refractivity contribution in [2.75, 3.05) is 0 Å². The Balaban J connectivity index is 1.64. The first-order chi connectivity index (χ1) is 12.7. The molecule has 0 aliphatic heterocycles. The van der Waals surface area contributed by atoms with Crippen LogP contribution in [0.4, 0.5) is 0 Å². The molecule has 0 amide bonds. The molecule has 9 heteroatoms. The average Bonchev–Trinajstić information content (AvgIpc) is 3.37. The van der Waals surface area contributed by atoms with Crippen molar-refractivity contribution < 1.29 is 4.52 Å². The van der Waals surface area contributed by atoms with Gasteiger partial charge in [-0.3, -0.25) is 9.36 Å². The SMILES string of the molecule is CCCc1noc(CSc2nc3scc(-c4cccs4)c3c(=O)n2C)n1. The number of hydrogen-bond donors (Lipinski definition) is 0. The molecule has 0 aromatic carbocycles. The third-order valence-electron chi connectivity index (χ3n) is 3.87. The van der Waals surface area contributed by atoms with E-state index >= 15 is 0 Å². The largest absolute Gasteiger partial charge is 0.338 e. The number of rotatable bonds is 6. The van der Waals surface area contributed by atoms with Gasteiger partial charge in [-0.2, -0.15) is 4.98 Å². The third-order valence-corrected chi connectivity index (χ3v) is 6.66. The second-order valence-corrected chi connectivity index (χ2v) is 8.46. The quantitative estimate of drug-likeness (QED) is 0.351. The maximum atomic E-state index is 12.9. The standard InChI is InChI=1S/C17H16N4O2S3/c1-3-5-12-18-13(23-20-12)9-26-17-19-15-14(16(22)21(17)2)10(8-25-15)11-6-4-7-24-11/h4,6-8H,3,5,9H2,1-2H3. The number of aryl methyl sites for hydroxylation is 1. The highest BCUT2D eigenvalue weighted by Gasteiger charge is 2.17. The van der Waals surface area contributed by atoms with E-state index in [4.69, 9.17) is 4.52 Å². The number of aromatic nitrogens is 4. The van der Waals surface area contributed by atoms with E-state index in [0.717, 1.165) is 33.9 Å². The van der Waals surface area contributed by atoms with Gasteiger partial charge in [-0.15, -0.1) is 22.7 Å². The fourth-order valence-corrected chi connectivity index (χ4v) is 5.21. The van der Waals surface area contributed by atoms with Crippen molar-refractivity contribution in [2.45, 2.75) is 30.7 Å². The molecule has 6 nitrogen and oxygen atoms in total. The second-order valence-electron chi connectivity index (χ2n) is 5.71. The topological polar surface area (TPSA) is 73.8 Å². The summed E-state index contributed by atoms with van der Waals surface area (Å²) in [7, 11) is 1.75. The molecule has 0 spiro atoms. The maximum absolute atomic E-state index is 12.9. The van der Waals surface area contributed by atoms with Gasteiger partial charge in [-0.1, -0.05) is 29.9 Å². The van der Waals surface area contributed by atoms with Gasteiger partial charge in [-0.25, -0.2) is 4.98 Å². The van der Waals surface area contributed by atoms with Gasteiger partial charge in [0.2, 0.25) is 5.89 Å². The normalized spacial score (nSPS) is 11.5. The molecular formula is C17H16N4O2S3. The Kier molecular flexibility index (Phi) is 4.92. The molecule has 0 bridgehead atoms. The van der Waals surface area contributed by atoms with Crippen molar-refractivity contribution in [3.05, 3.63) is 45.0 Å². The van der Waals surface area contributed by atoms with E-state index in [-0.39, 0.29) is 5.56 Å². The fourth-order valence-electron chi connectivity index (χ4n) is 2.60. The molecule has 0 saturated heterocycles. The van der Waals surface area contributed by atoms with Crippen molar-refractivity contribution in [1.29, 1.82) is 0 Å². The predicted octanol–water partition coefficient (Wildman–Crippen LogP) is 4.35. The summed E-state index contributed by atoms with van der Waals surface area (Å²) in [4.78, 5) is 23.8. The zero-order valence-electron chi connectivity index (χ0n) is 14.3. The van der Waals surface area contributed by atoms with Crippen LogP contribution < -0.4 is 5.56 Å². The summed E-state index contributed by atoms with van der Waals surface area (Å²) in [6.07, 6.45) is 1.78. The van der Waals surface area contributed by atoms with Crippen LogP contribution in [0.5, 0.6) is 0 Å². The van der Waals surface area contributed by atoms with Crippen LogP contribution in [0.15, 0.2) is 37.4 Å². The molecule has 134 valence electrons. The zero-order valence-corrected chi connectivity index (χ0v) is 16.7. The summed E-state index contributed by atoms with van der Waals surface area (Å²) in [5.41, 5.74) is 0.935. The second kappa shape index (κ2) is 7.34. The van der Waals surface area contributed by atoms with Crippen LogP contribution in [0.3, 0.4) is 0 Å². The smallest absolute Gasteiger partial charge is 0.263 e. The van der Waals surface area contributed by atoms with Gasteiger partial charge in [0.1, 0.15) is 4.83 Å². The lowest BCUT2D eigenvalue weighted by Crippen LogP contribution is -2.19. The van der Waals surface area contributed by atoms with Gasteiger partial charge in [0.05, 0.1) is 11.1 Å². The molecule has 4 aromatic heterocycles. The first-order valence-electron chi connectivity index (χ1n) is 8.13. The van der Waals surface area contributed by atoms with Crippen LogP contribution in [0, 0.1) is 0 Å². The van der Waals surface area contributed by atoms with E-state index in [1.165, 1.54) is 23.1 Å². The molecule has 0 N–H and O–H groups in total. The fraction of sp³-hybridized carbons (Fsp3) is 0.294. The van der Waals surface area contributed by atoms with Crippen molar-refractivity contribution in [3.8, 4) is 10.4 Å². The molecule has 0 unspecified atom stereocenters. The summed E-state index contributed by atoms with van der Waals surface area (Å²) in [5.74, 6) is 1.77. The number of nitrogens with zero attached hydrogens (tertiary/aromatic N) is 4. The number of thioether (sulfide) groups is 1. The van der Waals surface area contributed by atoms with Crippen LogP contribution in [0.2, 0.25) is 0 Å². The van der Waals surface area contributed by atoms with Gasteiger partial charge < -0.3 is 4.52 Å². The Bertz CT molecular complexity index is 1100. The molecule has 0 fully saturated rings. The highest BCUT2D eigenvalue weighted by Crippen LogP contribution is 2.34. The third kappa shape index (κ3) is 3.22. The minimum absolute atomic E-state index is 0.0284. The van der Waals surface area contributed by atoms with Crippen LogP contribution in [-0.4, -0.2) is 19.7 Å². The molecule has 0 saturated carbocycles. The molecule has 0 atom stereocenters. The van der Waals surface area contributed by atoms with Gasteiger partial charge in [-0.05, 0) is 17.9 Å². The van der Waals surface area contributed by atoms with Gasteiger partial charge in [0.15, 0.2) is 11.0 Å². The van der Waals surface area contributed by atoms with Crippen molar-refractivity contribution >= 4 is 44.7 Å². The lowest BCUT2D eigenvalue weighted by atomic mass is 10.2. The van der Waals surface area contributed by atoms with Crippen molar-refractivity contribution in [1.82, 2.24) is 19.7 Å². The van der Waals surface area contributed by atoms with E-state index in [2.05, 4.69) is 22.0 Å². The summed E-state index contributed by atoms with van der Waals surface area (Å²) in [5, 5.41) is 9.31. The summed E-state index contributed by atoms with van der Waals surface area (Å²) in [6, 6.07) is 4.01. The summed E-state index contributed by atoms with van der Waals surface area (Å²) in [6.45, 7) is 2.07.